The summed E-state index contributed by atoms with van der Waals surface area (Å²) in [6.45, 7) is 8.94. The third-order valence-electron chi connectivity index (χ3n) is 2.60. The number of hydrogen-bond donors (Lipinski definition) is 1. The molecule has 14 heavy (non-hydrogen) atoms. The van der Waals surface area contributed by atoms with Crippen LogP contribution < -0.4 is 5.32 Å². The van der Waals surface area contributed by atoms with Crippen molar-refractivity contribution in [2.24, 2.45) is 0 Å². The van der Waals surface area contributed by atoms with Gasteiger partial charge < -0.3 is 5.32 Å². The van der Waals surface area contributed by atoms with Gasteiger partial charge in [-0.3, -0.25) is 0 Å². The van der Waals surface area contributed by atoms with Crippen molar-refractivity contribution in [2.75, 3.05) is 12.4 Å². The van der Waals surface area contributed by atoms with Gasteiger partial charge in [0.15, 0.2) is 0 Å². The molecule has 0 aromatic heterocycles. The number of anilines is 1. The van der Waals surface area contributed by atoms with E-state index in [0.29, 0.717) is 11.8 Å². The molecule has 1 N–H and O–H groups in total. The molecule has 1 rings (SSSR count). The summed E-state index contributed by atoms with van der Waals surface area (Å²) >= 11 is 0. The highest BCUT2D eigenvalue weighted by atomic mass is 14.8. The van der Waals surface area contributed by atoms with Crippen molar-refractivity contribution in [3.63, 3.8) is 0 Å². The van der Waals surface area contributed by atoms with Crippen molar-refractivity contribution < 1.29 is 0 Å². The van der Waals surface area contributed by atoms with Crippen LogP contribution in [0.4, 0.5) is 5.69 Å². The summed E-state index contributed by atoms with van der Waals surface area (Å²) in [4.78, 5) is 0. The van der Waals surface area contributed by atoms with Crippen LogP contribution in [0.5, 0.6) is 0 Å². The number of rotatable bonds is 3. The van der Waals surface area contributed by atoms with Crippen LogP contribution in [0.25, 0.3) is 0 Å². The average Bonchev–Trinajstić information content (AvgIpc) is 2.16. The molecular weight excluding hydrogens is 170 g/mol. The van der Waals surface area contributed by atoms with Crippen molar-refractivity contribution in [3.05, 3.63) is 29.3 Å². The van der Waals surface area contributed by atoms with Gasteiger partial charge in [-0.1, -0.05) is 33.8 Å². The van der Waals surface area contributed by atoms with Crippen LogP contribution in [-0.2, 0) is 0 Å². The van der Waals surface area contributed by atoms with Crippen LogP contribution in [0.1, 0.15) is 50.7 Å². The molecule has 0 saturated carbocycles. The molecule has 0 heterocycles. The van der Waals surface area contributed by atoms with Crippen molar-refractivity contribution in [2.45, 2.75) is 39.5 Å². The Bertz CT molecular complexity index is 274. The lowest BCUT2D eigenvalue weighted by Gasteiger charge is -2.13. The molecule has 0 fully saturated rings. The van der Waals surface area contributed by atoms with Gasteiger partial charge >= 0.3 is 0 Å². The molecule has 1 nitrogen and oxygen atoms in total. The topological polar surface area (TPSA) is 12.0 Å². The molecule has 0 aliphatic heterocycles. The maximum atomic E-state index is 3.22. The first-order chi connectivity index (χ1) is 6.54. The van der Waals surface area contributed by atoms with Gasteiger partial charge in [-0.25, -0.2) is 0 Å². The van der Waals surface area contributed by atoms with E-state index in [-0.39, 0.29) is 0 Å². The van der Waals surface area contributed by atoms with Gasteiger partial charge in [-0.2, -0.15) is 0 Å². The second-order valence-corrected chi connectivity index (χ2v) is 4.45. The van der Waals surface area contributed by atoms with Crippen molar-refractivity contribution in [1.82, 2.24) is 0 Å². The summed E-state index contributed by atoms with van der Waals surface area (Å²) in [5.41, 5.74) is 4.06. The zero-order valence-electron chi connectivity index (χ0n) is 9.89. The van der Waals surface area contributed by atoms with Gasteiger partial charge in [0.05, 0.1) is 0 Å². The van der Waals surface area contributed by atoms with Gasteiger partial charge in [0.2, 0.25) is 0 Å². The minimum Gasteiger partial charge on any atom is -0.388 e. The van der Waals surface area contributed by atoms with Crippen LogP contribution in [0.3, 0.4) is 0 Å². The molecule has 0 unspecified atom stereocenters. The lowest BCUT2D eigenvalue weighted by atomic mass is 9.95. The SMILES string of the molecule is CNc1cc(C(C)C)cc(C(C)C)c1. The van der Waals surface area contributed by atoms with E-state index >= 15 is 0 Å². The normalized spacial score (nSPS) is 11.1. The molecule has 0 aliphatic carbocycles. The van der Waals surface area contributed by atoms with E-state index in [1.165, 1.54) is 16.8 Å². The Kier molecular flexibility index (Phi) is 3.56. The Hall–Kier alpha value is -0.980. The lowest BCUT2D eigenvalue weighted by Crippen LogP contribution is -1.97. The van der Waals surface area contributed by atoms with Crippen LogP contribution in [0.15, 0.2) is 18.2 Å². The van der Waals surface area contributed by atoms with Crippen molar-refractivity contribution >= 4 is 5.69 Å². The van der Waals surface area contributed by atoms with Gasteiger partial charge in [0.25, 0.3) is 0 Å². The zero-order chi connectivity index (χ0) is 10.7. The molecule has 0 saturated heterocycles. The lowest BCUT2D eigenvalue weighted by molar-refractivity contribution is 0.834. The van der Waals surface area contributed by atoms with E-state index in [9.17, 15) is 0 Å². The molecule has 0 aliphatic rings. The highest BCUT2D eigenvalue weighted by Crippen LogP contribution is 2.25. The Labute approximate surface area is 87.5 Å². The zero-order valence-corrected chi connectivity index (χ0v) is 9.89. The predicted molar refractivity (Wildman–Crippen MR) is 64.2 cm³/mol. The third kappa shape index (κ3) is 2.50. The first-order valence-electron chi connectivity index (χ1n) is 5.37. The first kappa shape index (κ1) is 11.1. The van der Waals surface area contributed by atoms with Crippen LogP contribution >= 0.6 is 0 Å². The van der Waals surface area contributed by atoms with Crippen molar-refractivity contribution in [1.29, 1.82) is 0 Å². The monoisotopic (exact) mass is 191 g/mol. The second-order valence-electron chi connectivity index (χ2n) is 4.45. The number of benzene rings is 1. The molecule has 0 bridgehead atoms. The van der Waals surface area contributed by atoms with Crippen LogP contribution in [0.2, 0.25) is 0 Å². The highest BCUT2D eigenvalue weighted by Gasteiger charge is 2.05. The summed E-state index contributed by atoms with van der Waals surface area (Å²) in [6.07, 6.45) is 0. The summed E-state index contributed by atoms with van der Waals surface area (Å²) in [7, 11) is 1.98. The maximum Gasteiger partial charge on any atom is 0.0343 e. The molecule has 0 radical (unpaired) electrons. The Morgan fingerprint density at radius 3 is 1.57 bits per heavy atom. The Balaban J connectivity index is 3.13. The molecule has 1 aromatic carbocycles. The molecule has 0 amide bonds. The summed E-state index contributed by atoms with van der Waals surface area (Å²) in [6, 6.07) is 6.78. The molecular formula is C13H21N. The van der Waals surface area contributed by atoms with Gasteiger partial charge in [-0.15, -0.1) is 0 Å². The smallest absolute Gasteiger partial charge is 0.0343 e. The minimum absolute atomic E-state index is 0.598. The first-order valence-corrected chi connectivity index (χ1v) is 5.37. The molecule has 1 aromatic rings. The van der Waals surface area contributed by atoms with Crippen LogP contribution in [0, 0.1) is 0 Å². The van der Waals surface area contributed by atoms with Gasteiger partial charge in [-0.05, 0) is 35.1 Å². The van der Waals surface area contributed by atoms with E-state index in [4.69, 9.17) is 0 Å². The van der Waals surface area contributed by atoms with Gasteiger partial charge in [0.1, 0.15) is 0 Å². The fourth-order valence-electron chi connectivity index (χ4n) is 1.49. The van der Waals surface area contributed by atoms with E-state index < -0.39 is 0 Å². The Morgan fingerprint density at radius 1 is 0.857 bits per heavy atom. The molecule has 78 valence electrons. The van der Waals surface area contributed by atoms with Crippen molar-refractivity contribution in [3.8, 4) is 0 Å². The second kappa shape index (κ2) is 4.50. The minimum atomic E-state index is 0.598. The standard InChI is InChI=1S/C13H21N/c1-9(2)11-6-12(10(3)4)8-13(7-11)14-5/h6-10,14H,1-5H3. The summed E-state index contributed by atoms with van der Waals surface area (Å²) in [5, 5.41) is 3.22. The van der Waals surface area contributed by atoms with E-state index in [2.05, 4.69) is 51.2 Å². The predicted octanol–water partition coefficient (Wildman–Crippen LogP) is 3.98. The molecule has 0 atom stereocenters. The van der Waals surface area contributed by atoms with E-state index in [0.717, 1.165) is 0 Å². The highest BCUT2D eigenvalue weighted by molar-refractivity contribution is 5.49. The summed E-state index contributed by atoms with van der Waals surface area (Å²) < 4.78 is 0. The number of nitrogens with one attached hydrogen (secondary N) is 1. The van der Waals surface area contributed by atoms with Gasteiger partial charge in [0, 0.05) is 12.7 Å². The largest absolute Gasteiger partial charge is 0.388 e. The van der Waals surface area contributed by atoms with Crippen LogP contribution in [-0.4, -0.2) is 7.05 Å². The summed E-state index contributed by atoms with van der Waals surface area (Å²) in [5.74, 6) is 1.20. The average molecular weight is 191 g/mol. The fourth-order valence-corrected chi connectivity index (χ4v) is 1.49. The molecule has 0 spiro atoms. The quantitative estimate of drug-likeness (QED) is 0.762. The van der Waals surface area contributed by atoms with E-state index in [1.807, 2.05) is 7.05 Å². The molecule has 1 heteroatoms. The number of hydrogen-bond acceptors (Lipinski definition) is 1. The maximum absolute atomic E-state index is 3.22. The van der Waals surface area contributed by atoms with E-state index in [1.54, 1.807) is 0 Å². The fraction of sp³-hybridized carbons (Fsp3) is 0.538. The Morgan fingerprint density at radius 2 is 1.29 bits per heavy atom. The third-order valence-corrected chi connectivity index (χ3v) is 2.60.